The molecule has 4 rings (SSSR count). The lowest BCUT2D eigenvalue weighted by Crippen LogP contribution is -2.49. The van der Waals surface area contributed by atoms with Crippen LogP contribution in [-0.2, 0) is 4.79 Å². The van der Waals surface area contributed by atoms with Gasteiger partial charge in [-0.1, -0.05) is 25.2 Å². The van der Waals surface area contributed by atoms with Crippen LogP contribution < -0.4 is 0 Å². The summed E-state index contributed by atoms with van der Waals surface area (Å²) in [6.07, 6.45) is 15.8. The Balaban J connectivity index is 1.81. The largest absolute Gasteiger partial charge is 0.389 e. The van der Waals surface area contributed by atoms with Crippen molar-refractivity contribution in [1.29, 1.82) is 0 Å². The number of ketones is 1. The Morgan fingerprint density at radius 3 is 2.92 bits per heavy atom. The van der Waals surface area contributed by atoms with Gasteiger partial charge < -0.3 is 5.11 Å². The van der Waals surface area contributed by atoms with E-state index in [-0.39, 0.29) is 11.2 Å². The lowest BCUT2D eigenvalue weighted by molar-refractivity contribution is -0.114. The molecule has 0 saturated heterocycles. The van der Waals surface area contributed by atoms with E-state index in [4.69, 9.17) is 0 Å². The van der Waals surface area contributed by atoms with E-state index in [2.05, 4.69) is 25.7 Å². The molecule has 0 aromatic heterocycles. The molecule has 4 atom stereocenters. The van der Waals surface area contributed by atoms with E-state index in [0.29, 0.717) is 24.7 Å². The summed E-state index contributed by atoms with van der Waals surface area (Å²) in [5, 5.41) is 11.4. The van der Waals surface area contributed by atoms with Crippen LogP contribution in [0.2, 0.25) is 0 Å². The van der Waals surface area contributed by atoms with Gasteiger partial charge in [-0.3, -0.25) is 4.79 Å². The first-order valence-corrected chi connectivity index (χ1v) is 9.54. The smallest absolute Gasteiger partial charge is 0.156 e. The summed E-state index contributed by atoms with van der Waals surface area (Å²) in [6, 6.07) is 0. The standard InChI is InChI=1S/C22H28O2/c1-3-11-22(24)13-10-20-19-7-5-15-14-16(23)6-8-17(15)18(19)9-12-21(20,22)4-2/h3,9,12,14,19-20,24H,1,4-8,10-11,13H2,2H3/t19-,20-,21-,22+/m1/s1. The zero-order valence-corrected chi connectivity index (χ0v) is 14.7. The van der Waals surface area contributed by atoms with Crippen LogP contribution in [0.4, 0.5) is 0 Å². The SMILES string of the molecule is C=CC[C@]1(O)CC[C@@H]2[C@@H]3CCC4=CC(=O)CCC4=C3C=C[C@]21CC. The van der Waals surface area contributed by atoms with Crippen LogP contribution in [-0.4, -0.2) is 16.5 Å². The van der Waals surface area contributed by atoms with Crippen molar-refractivity contribution in [3.63, 3.8) is 0 Å². The fourth-order valence-corrected chi connectivity index (χ4v) is 6.19. The second kappa shape index (κ2) is 5.56. The Morgan fingerprint density at radius 1 is 1.33 bits per heavy atom. The summed E-state index contributed by atoms with van der Waals surface area (Å²) in [5.41, 5.74) is 3.44. The van der Waals surface area contributed by atoms with Crippen LogP contribution in [0.15, 0.2) is 47.6 Å². The van der Waals surface area contributed by atoms with E-state index in [1.807, 2.05) is 12.2 Å². The lowest BCUT2D eigenvalue weighted by atomic mass is 9.56. The van der Waals surface area contributed by atoms with Crippen LogP contribution in [0.5, 0.6) is 0 Å². The van der Waals surface area contributed by atoms with Crippen molar-refractivity contribution in [2.45, 2.75) is 63.9 Å². The van der Waals surface area contributed by atoms with Gasteiger partial charge >= 0.3 is 0 Å². The molecule has 2 nitrogen and oxygen atoms in total. The fourth-order valence-electron chi connectivity index (χ4n) is 6.19. The number of rotatable bonds is 3. The Hall–Kier alpha value is -1.41. The first-order valence-electron chi connectivity index (χ1n) is 9.54. The van der Waals surface area contributed by atoms with Gasteiger partial charge in [0.05, 0.1) is 5.60 Å². The summed E-state index contributed by atoms with van der Waals surface area (Å²) in [5.74, 6) is 1.37. The Bertz CT molecular complexity index is 680. The molecule has 0 radical (unpaired) electrons. The molecule has 4 aliphatic carbocycles. The maximum atomic E-state index is 11.8. The quantitative estimate of drug-likeness (QED) is 0.766. The first-order chi connectivity index (χ1) is 11.5. The minimum absolute atomic E-state index is 0.110. The molecule has 0 aromatic rings. The number of aliphatic hydroxyl groups is 1. The van der Waals surface area contributed by atoms with Crippen molar-refractivity contribution in [2.24, 2.45) is 17.3 Å². The van der Waals surface area contributed by atoms with E-state index in [0.717, 1.165) is 38.5 Å². The van der Waals surface area contributed by atoms with Gasteiger partial charge in [0, 0.05) is 11.8 Å². The predicted molar refractivity (Wildman–Crippen MR) is 96.4 cm³/mol. The number of carbonyl (C=O) groups is 1. The zero-order valence-electron chi connectivity index (χ0n) is 14.7. The number of carbonyl (C=O) groups excluding carboxylic acids is 1. The molecule has 0 heterocycles. The summed E-state index contributed by atoms with van der Waals surface area (Å²) in [4.78, 5) is 11.8. The monoisotopic (exact) mass is 324 g/mol. The van der Waals surface area contributed by atoms with Crippen LogP contribution >= 0.6 is 0 Å². The average molecular weight is 324 g/mol. The highest BCUT2D eigenvalue weighted by molar-refractivity contribution is 5.93. The highest BCUT2D eigenvalue weighted by Gasteiger charge is 2.60. The third-order valence-corrected chi connectivity index (χ3v) is 7.33. The van der Waals surface area contributed by atoms with E-state index in [1.54, 1.807) is 0 Å². The molecule has 24 heavy (non-hydrogen) atoms. The van der Waals surface area contributed by atoms with Gasteiger partial charge in [-0.15, -0.1) is 6.58 Å². The summed E-state index contributed by atoms with van der Waals surface area (Å²) in [6.45, 7) is 6.11. The Labute approximate surface area is 145 Å². The van der Waals surface area contributed by atoms with Gasteiger partial charge in [-0.05, 0) is 79.6 Å². The molecule has 0 aliphatic heterocycles. The van der Waals surface area contributed by atoms with Crippen LogP contribution in [0.1, 0.15) is 58.3 Å². The second-order valence-electron chi connectivity index (χ2n) is 8.11. The van der Waals surface area contributed by atoms with Crippen molar-refractivity contribution in [3.05, 3.63) is 47.6 Å². The van der Waals surface area contributed by atoms with E-state index >= 15 is 0 Å². The minimum atomic E-state index is -0.639. The minimum Gasteiger partial charge on any atom is -0.389 e. The van der Waals surface area contributed by atoms with Crippen molar-refractivity contribution in [1.82, 2.24) is 0 Å². The van der Waals surface area contributed by atoms with E-state index < -0.39 is 5.60 Å². The van der Waals surface area contributed by atoms with Crippen LogP contribution in [0.3, 0.4) is 0 Å². The maximum Gasteiger partial charge on any atom is 0.156 e. The van der Waals surface area contributed by atoms with Gasteiger partial charge in [0.1, 0.15) is 0 Å². The Morgan fingerprint density at radius 2 is 2.17 bits per heavy atom. The Kier molecular flexibility index (Phi) is 3.72. The summed E-state index contributed by atoms with van der Waals surface area (Å²) >= 11 is 0. The molecule has 4 aliphatic rings. The molecule has 0 spiro atoms. The highest BCUT2D eigenvalue weighted by Crippen LogP contribution is 2.63. The second-order valence-corrected chi connectivity index (χ2v) is 8.11. The van der Waals surface area contributed by atoms with Crippen molar-refractivity contribution in [3.8, 4) is 0 Å². The van der Waals surface area contributed by atoms with Gasteiger partial charge in [0.25, 0.3) is 0 Å². The number of hydrogen-bond acceptors (Lipinski definition) is 2. The average Bonchev–Trinajstić information content (AvgIpc) is 2.88. The van der Waals surface area contributed by atoms with E-state index in [1.165, 1.54) is 16.7 Å². The number of hydrogen-bond donors (Lipinski definition) is 1. The molecule has 2 heteroatoms. The molecule has 1 saturated carbocycles. The molecule has 128 valence electrons. The van der Waals surface area contributed by atoms with Crippen molar-refractivity contribution in [2.75, 3.05) is 0 Å². The van der Waals surface area contributed by atoms with E-state index in [9.17, 15) is 9.90 Å². The number of allylic oxidation sites excluding steroid dienone is 5. The molecule has 1 fully saturated rings. The molecule has 0 bridgehead atoms. The van der Waals surface area contributed by atoms with Crippen LogP contribution in [0.25, 0.3) is 0 Å². The van der Waals surface area contributed by atoms with Gasteiger partial charge in [0.2, 0.25) is 0 Å². The molecule has 0 aromatic carbocycles. The van der Waals surface area contributed by atoms with Crippen LogP contribution in [0, 0.1) is 17.3 Å². The predicted octanol–water partition coefficient (Wildman–Crippen LogP) is 4.67. The molecule has 0 amide bonds. The third-order valence-electron chi connectivity index (χ3n) is 7.33. The molecular formula is C22H28O2. The van der Waals surface area contributed by atoms with Gasteiger partial charge in [-0.25, -0.2) is 0 Å². The third kappa shape index (κ3) is 2.02. The van der Waals surface area contributed by atoms with Crippen molar-refractivity contribution < 1.29 is 9.90 Å². The first kappa shape index (κ1) is 16.1. The topological polar surface area (TPSA) is 37.3 Å². The normalized spacial score (nSPS) is 40.8. The fraction of sp³-hybridized carbons (Fsp3) is 0.591. The van der Waals surface area contributed by atoms with Gasteiger partial charge in [0.15, 0.2) is 5.78 Å². The summed E-state index contributed by atoms with van der Waals surface area (Å²) in [7, 11) is 0. The molecule has 1 N–H and O–H groups in total. The van der Waals surface area contributed by atoms with Gasteiger partial charge in [-0.2, -0.15) is 0 Å². The molecule has 0 unspecified atom stereocenters. The summed E-state index contributed by atoms with van der Waals surface area (Å²) < 4.78 is 0. The zero-order chi connectivity index (χ0) is 16.9. The number of fused-ring (bicyclic) bond motifs is 4. The van der Waals surface area contributed by atoms with Crippen molar-refractivity contribution >= 4 is 5.78 Å². The molecular weight excluding hydrogens is 296 g/mol. The lowest BCUT2D eigenvalue weighted by Gasteiger charge is -2.50. The highest BCUT2D eigenvalue weighted by atomic mass is 16.3. The maximum absolute atomic E-state index is 11.8.